The van der Waals surface area contributed by atoms with Crippen molar-refractivity contribution < 1.29 is 0 Å². The molecule has 0 spiro atoms. The van der Waals surface area contributed by atoms with Crippen LogP contribution in [0.25, 0.3) is 0 Å². The van der Waals surface area contributed by atoms with Crippen LogP contribution in [-0.2, 0) is 11.8 Å². The molecule has 0 aliphatic rings. The van der Waals surface area contributed by atoms with Crippen LogP contribution in [0, 0.1) is 6.92 Å². The average Bonchev–Trinajstić information content (AvgIpc) is 2.75. The van der Waals surface area contributed by atoms with Crippen LogP contribution in [0.1, 0.15) is 47.8 Å². The molecule has 1 unspecified atom stereocenters. The summed E-state index contributed by atoms with van der Waals surface area (Å²) in [6.45, 7) is 8.70. The van der Waals surface area contributed by atoms with Crippen LogP contribution in [0.2, 0.25) is 0 Å². The Morgan fingerprint density at radius 1 is 1.21 bits per heavy atom. The normalized spacial score (nSPS) is 13.5. The molecule has 0 saturated heterocycles. The van der Waals surface area contributed by atoms with E-state index in [0.29, 0.717) is 0 Å². The second-order valence-electron chi connectivity index (χ2n) is 6.04. The molecule has 3 heteroatoms. The summed E-state index contributed by atoms with van der Waals surface area (Å²) >= 11 is 1.69. The first-order valence-corrected chi connectivity index (χ1v) is 7.45. The number of benzene rings is 1. The van der Waals surface area contributed by atoms with Crippen molar-refractivity contribution in [3.8, 4) is 0 Å². The smallest absolute Gasteiger partial charge is 0.0897 e. The minimum absolute atomic E-state index is 0.0479. The Morgan fingerprint density at radius 3 is 2.32 bits per heavy atom. The molecule has 2 aromatic rings. The quantitative estimate of drug-likeness (QED) is 0.919. The van der Waals surface area contributed by atoms with Crippen molar-refractivity contribution in [2.45, 2.75) is 45.6 Å². The molecule has 102 valence electrons. The summed E-state index contributed by atoms with van der Waals surface area (Å²) in [6, 6.07) is 8.84. The van der Waals surface area contributed by atoms with Crippen LogP contribution in [-0.4, -0.2) is 4.98 Å². The van der Waals surface area contributed by atoms with Gasteiger partial charge in [0.1, 0.15) is 0 Å². The summed E-state index contributed by atoms with van der Waals surface area (Å²) in [6.07, 6.45) is 2.76. The Balaban J connectivity index is 2.07. The molecule has 2 rings (SSSR count). The lowest BCUT2D eigenvalue weighted by molar-refractivity contribution is 0.589. The predicted octanol–water partition coefficient (Wildman–Crippen LogP) is 3.99. The maximum atomic E-state index is 6.23. The largest absolute Gasteiger partial charge is 0.323 e. The van der Waals surface area contributed by atoms with Crippen molar-refractivity contribution >= 4 is 11.3 Å². The first kappa shape index (κ1) is 14.2. The molecule has 0 bridgehead atoms. The standard InChI is InChI=1S/C16H22N2S/c1-11-18-10-15(19-11)14(17)9-12-5-7-13(8-6-12)16(2,3)4/h5-8,10,14H,9,17H2,1-4H3. The zero-order valence-electron chi connectivity index (χ0n) is 12.1. The van der Waals surface area contributed by atoms with Crippen molar-refractivity contribution in [3.05, 3.63) is 51.5 Å². The fourth-order valence-electron chi connectivity index (χ4n) is 2.04. The summed E-state index contributed by atoms with van der Waals surface area (Å²) < 4.78 is 0. The van der Waals surface area contributed by atoms with Gasteiger partial charge in [-0.2, -0.15) is 0 Å². The average molecular weight is 274 g/mol. The summed E-state index contributed by atoms with van der Waals surface area (Å²) in [5.41, 5.74) is 9.08. The van der Waals surface area contributed by atoms with Crippen LogP contribution >= 0.6 is 11.3 Å². The second-order valence-corrected chi connectivity index (χ2v) is 7.31. The topological polar surface area (TPSA) is 38.9 Å². The van der Waals surface area contributed by atoms with Crippen LogP contribution in [0.5, 0.6) is 0 Å². The van der Waals surface area contributed by atoms with E-state index >= 15 is 0 Å². The van der Waals surface area contributed by atoms with E-state index in [1.165, 1.54) is 11.1 Å². The number of rotatable bonds is 3. The van der Waals surface area contributed by atoms with E-state index in [-0.39, 0.29) is 11.5 Å². The number of nitrogens with two attached hydrogens (primary N) is 1. The van der Waals surface area contributed by atoms with E-state index in [9.17, 15) is 0 Å². The summed E-state index contributed by atoms with van der Waals surface area (Å²) in [7, 11) is 0. The van der Waals surface area contributed by atoms with Crippen LogP contribution in [0.4, 0.5) is 0 Å². The summed E-state index contributed by atoms with van der Waals surface area (Å²) in [5.74, 6) is 0. The van der Waals surface area contributed by atoms with Gasteiger partial charge in [-0.05, 0) is 29.9 Å². The van der Waals surface area contributed by atoms with Crippen molar-refractivity contribution in [2.24, 2.45) is 5.73 Å². The van der Waals surface area contributed by atoms with Crippen LogP contribution < -0.4 is 5.73 Å². The van der Waals surface area contributed by atoms with Gasteiger partial charge in [-0.3, -0.25) is 0 Å². The van der Waals surface area contributed by atoms with E-state index in [1.54, 1.807) is 11.3 Å². The number of hydrogen-bond acceptors (Lipinski definition) is 3. The minimum Gasteiger partial charge on any atom is -0.323 e. The number of thiazole rings is 1. The van der Waals surface area contributed by atoms with Gasteiger partial charge >= 0.3 is 0 Å². The fourth-order valence-corrected chi connectivity index (χ4v) is 2.83. The number of nitrogens with zero attached hydrogens (tertiary/aromatic N) is 1. The highest BCUT2D eigenvalue weighted by molar-refractivity contribution is 7.11. The molecular weight excluding hydrogens is 252 g/mol. The second kappa shape index (κ2) is 5.43. The molecule has 19 heavy (non-hydrogen) atoms. The van der Waals surface area contributed by atoms with E-state index in [1.807, 2.05) is 13.1 Å². The predicted molar refractivity (Wildman–Crippen MR) is 82.6 cm³/mol. The van der Waals surface area contributed by atoms with Gasteiger partial charge in [0.15, 0.2) is 0 Å². The zero-order chi connectivity index (χ0) is 14.0. The minimum atomic E-state index is 0.0479. The van der Waals surface area contributed by atoms with Gasteiger partial charge in [0.05, 0.1) is 5.01 Å². The molecule has 0 aliphatic heterocycles. The van der Waals surface area contributed by atoms with Crippen LogP contribution in [0.15, 0.2) is 30.5 Å². The van der Waals surface area contributed by atoms with E-state index < -0.39 is 0 Å². The number of aryl methyl sites for hydroxylation is 1. The maximum absolute atomic E-state index is 6.23. The molecule has 1 heterocycles. The fraction of sp³-hybridized carbons (Fsp3) is 0.438. The van der Waals surface area contributed by atoms with Crippen LogP contribution in [0.3, 0.4) is 0 Å². The third-order valence-electron chi connectivity index (χ3n) is 3.28. The van der Waals surface area contributed by atoms with E-state index in [2.05, 4.69) is 50.0 Å². The lowest BCUT2D eigenvalue weighted by atomic mass is 9.86. The third-order valence-corrected chi connectivity index (χ3v) is 4.32. The SMILES string of the molecule is Cc1ncc(C(N)Cc2ccc(C(C)(C)C)cc2)s1. The Kier molecular flexibility index (Phi) is 4.07. The molecule has 1 aromatic carbocycles. The summed E-state index contributed by atoms with van der Waals surface area (Å²) in [5, 5.41) is 1.08. The highest BCUT2D eigenvalue weighted by atomic mass is 32.1. The lowest BCUT2D eigenvalue weighted by Gasteiger charge is -2.19. The Hall–Kier alpha value is -1.19. The van der Waals surface area contributed by atoms with Gasteiger partial charge in [-0.1, -0.05) is 45.0 Å². The molecule has 0 fully saturated rings. The Morgan fingerprint density at radius 2 is 1.84 bits per heavy atom. The molecule has 0 amide bonds. The van der Waals surface area contributed by atoms with E-state index in [4.69, 9.17) is 5.73 Å². The first-order valence-electron chi connectivity index (χ1n) is 6.63. The molecule has 1 atom stereocenters. The Labute approximate surface area is 119 Å². The summed E-state index contributed by atoms with van der Waals surface area (Å²) in [4.78, 5) is 5.43. The molecular formula is C16H22N2S. The van der Waals surface area contributed by atoms with Gasteiger partial charge in [-0.25, -0.2) is 4.98 Å². The lowest BCUT2D eigenvalue weighted by Crippen LogP contribution is -2.13. The molecule has 0 aliphatic carbocycles. The molecule has 2 N–H and O–H groups in total. The zero-order valence-corrected chi connectivity index (χ0v) is 12.9. The molecule has 0 radical (unpaired) electrons. The Bertz CT molecular complexity index is 535. The van der Waals surface area contributed by atoms with E-state index in [0.717, 1.165) is 16.3 Å². The highest BCUT2D eigenvalue weighted by Crippen LogP contribution is 2.25. The van der Waals surface area contributed by atoms with Gasteiger partial charge in [-0.15, -0.1) is 11.3 Å². The molecule has 2 nitrogen and oxygen atoms in total. The number of hydrogen-bond donors (Lipinski definition) is 1. The van der Waals surface area contributed by atoms with Gasteiger partial charge < -0.3 is 5.73 Å². The maximum Gasteiger partial charge on any atom is 0.0897 e. The first-order chi connectivity index (χ1) is 8.86. The monoisotopic (exact) mass is 274 g/mol. The highest BCUT2D eigenvalue weighted by Gasteiger charge is 2.14. The molecule has 1 aromatic heterocycles. The van der Waals surface area contributed by atoms with Crippen molar-refractivity contribution in [2.75, 3.05) is 0 Å². The number of aromatic nitrogens is 1. The van der Waals surface area contributed by atoms with Crippen molar-refractivity contribution in [1.82, 2.24) is 4.98 Å². The van der Waals surface area contributed by atoms with Crippen molar-refractivity contribution in [3.63, 3.8) is 0 Å². The third kappa shape index (κ3) is 3.64. The van der Waals surface area contributed by atoms with Gasteiger partial charge in [0, 0.05) is 17.1 Å². The van der Waals surface area contributed by atoms with Gasteiger partial charge in [0.25, 0.3) is 0 Å². The van der Waals surface area contributed by atoms with Gasteiger partial charge in [0.2, 0.25) is 0 Å². The molecule has 0 saturated carbocycles. The van der Waals surface area contributed by atoms with Crippen molar-refractivity contribution in [1.29, 1.82) is 0 Å².